The molecule has 11 nitrogen and oxygen atoms in total. The Labute approximate surface area is 218 Å². The number of aromatic amines is 1. The van der Waals surface area contributed by atoms with Crippen molar-refractivity contribution in [2.45, 2.75) is 13.0 Å². The number of amides is 1. The van der Waals surface area contributed by atoms with Crippen molar-refractivity contribution in [3.05, 3.63) is 79.9 Å². The van der Waals surface area contributed by atoms with Gasteiger partial charge >= 0.3 is 13.5 Å². The molecule has 38 heavy (non-hydrogen) atoms. The summed E-state index contributed by atoms with van der Waals surface area (Å²) in [4.78, 5) is 50.3. The lowest BCUT2D eigenvalue weighted by molar-refractivity contribution is -0.123. The van der Waals surface area contributed by atoms with Gasteiger partial charge in [0.1, 0.15) is 11.7 Å². The molecule has 3 aromatic rings. The standard InChI is InChI=1S/C23H20ClF2N4O7P/c1-11-15(24)4-3-14-13(10-28-19(11)14)9-18-22(32)30(23(33)29-18)20(12-2-5-16(25)17(26)8-12)21(31)27-6-7-37-38(34,35)36/h2-5,8-10,20,32H,6-7H2,1H3,(H,27,31)(H,29,33)(H2,34,35,36)/b13-9+. The first-order valence-corrected chi connectivity index (χ1v) is 12.8. The number of phosphoric acid groups is 1. The van der Waals surface area contributed by atoms with E-state index in [4.69, 9.17) is 21.4 Å². The Morgan fingerprint density at radius 2 is 2.03 bits per heavy atom. The van der Waals surface area contributed by atoms with Crippen LogP contribution >= 0.6 is 19.4 Å². The number of benzene rings is 2. The Hall–Kier alpha value is -3.61. The summed E-state index contributed by atoms with van der Waals surface area (Å²) in [5.41, 5.74) is 1.31. The molecule has 15 heteroatoms. The fraction of sp³-hybridized carbons (Fsp3) is 0.174. The molecule has 0 saturated carbocycles. The van der Waals surface area contributed by atoms with Gasteiger partial charge < -0.3 is 25.2 Å². The van der Waals surface area contributed by atoms with Crippen molar-refractivity contribution in [3.63, 3.8) is 0 Å². The minimum absolute atomic E-state index is 0.0953. The van der Waals surface area contributed by atoms with E-state index in [9.17, 15) is 28.0 Å². The normalized spacial score (nSPS) is 14.6. The van der Waals surface area contributed by atoms with Gasteiger partial charge in [-0.2, -0.15) is 0 Å². The number of aromatic nitrogens is 2. The Bertz CT molecular complexity index is 1600. The average molecular weight is 569 g/mol. The lowest BCUT2D eigenvalue weighted by Gasteiger charge is -2.19. The number of phosphoric ester groups is 1. The summed E-state index contributed by atoms with van der Waals surface area (Å²) in [6.45, 7) is 0.789. The van der Waals surface area contributed by atoms with Crippen LogP contribution in [-0.4, -0.2) is 49.7 Å². The number of aromatic hydroxyl groups is 1. The molecule has 1 aromatic heterocycles. The van der Waals surface area contributed by atoms with Crippen LogP contribution < -0.4 is 11.0 Å². The van der Waals surface area contributed by atoms with Gasteiger partial charge in [-0.3, -0.25) is 14.3 Å². The van der Waals surface area contributed by atoms with Gasteiger partial charge in [0.15, 0.2) is 11.6 Å². The molecule has 2 aromatic carbocycles. The molecule has 5 N–H and O–H groups in total. The predicted molar refractivity (Wildman–Crippen MR) is 134 cm³/mol. The molecule has 0 saturated heterocycles. The van der Waals surface area contributed by atoms with E-state index < -0.39 is 56.1 Å². The third-order valence-electron chi connectivity index (χ3n) is 5.66. The number of imidazole rings is 1. The second kappa shape index (κ2) is 10.6. The van der Waals surface area contributed by atoms with E-state index in [2.05, 4.69) is 19.8 Å². The van der Waals surface area contributed by atoms with Crippen LogP contribution in [0.1, 0.15) is 28.4 Å². The van der Waals surface area contributed by atoms with E-state index in [1.165, 1.54) is 12.3 Å². The van der Waals surface area contributed by atoms with Gasteiger partial charge in [0.25, 0.3) is 0 Å². The second-order valence-electron chi connectivity index (χ2n) is 8.15. The fourth-order valence-electron chi connectivity index (χ4n) is 3.88. The van der Waals surface area contributed by atoms with Gasteiger partial charge in [0.2, 0.25) is 11.8 Å². The highest BCUT2D eigenvalue weighted by atomic mass is 35.5. The molecule has 1 aliphatic heterocycles. The van der Waals surface area contributed by atoms with Crippen molar-refractivity contribution in [1.29, 1.82) is 0 Å². The molecule has 1 amide bonds. The molecule has 0 fully saturated rings. The SMILES string of the molecule is Cc1c(Cl)ccc2c1N=C/C2=C\c1[nH]c(=O)n(C(C(=O)NCCOP(=O)(O)O)c2ccc(F)c(F)c2)c1O. The quantitative estimate of drug-likeness (QED) is 0.205. The van der Waals surface area contributed by atoms with Crippen LogP contribution in [0.25, 0.3) is 11.6 Å². The summed E-state index contributed by atoms with van der Waals surface area (Å²) in [5, 5.41) is 13.7. The molecule has 4 rings (SSSR count). The maximum absolute atomic E-state index is 14.0. The number of hydrogen-bond donors (Lipinski definition) is 5. The van der Waals surface area contributed by atoms with Crippen molar-refractivity contribution >= 4 is 48.9 Å². The van der Waals surface area contributed by atoms with Gasteiger partial charge in [0.05, 0.1) is 12.3 Å². The number of carbonyl (C=O) groups excluding carboxylic acids is 1. The lowest BCUT2D eigenvalue weighted by Crippen LogP contribution is -2.38. The van der Waals surface area contributed by atoms with E-state index >= 15 is 0 Å². The summed E-state index contributed by atoms with van der Waals surface area (Å²) in [6, 6.07) is 4.19. The summed E-state index contributed by atoms with van der Waals surface area (Å²) in [6.07, 6.45) is 2.92. The highest BCUT2D eigenvalue weighted by molar-refractivity contribution is 7.46. The second-order valence-corrected chi connectivity index (χ2v) is 9.80. The first-order chi connectivity index (χ1) is 17.9. The van der Waals surface area contributed by atoms with Gasteiger partial charge in [0, 0.05) is 28.9 Å². The topological polar surface area (TPSA) is 166 Å². The number of aliphatic imine (C=N–C) groups is 1. The molecular formula is C23H20ClF2N4O7P. The molecule has 2 heterocycles. The first-order valence-electron chi connectivity index (χ1n) is 10.9. The molecular weight excluding hydrogens is 549 g/mol. The Morgan fingerprint density at radius 3 is 2.71 bits per heavy atom. The van der Waals surface area contributed by atoms with Crippen LogP contribution in [0.5, 0.6) is 5.88 Å². The molecule has 1 unspecified atom stereocenters. The minimum atomic E-state index is -4.80. The Morgan fingerprint density at radius 1 is 1.29 bits per heavy atom. The summed E-state index contributed by atoms with van der Waals surface area (Å²) in [5.74, 6) is -4.16. The zero-order chi connectivity index (χ0) is 27.8. The van der Waals surface area contributed by atoms with E-state index in [0.717, 1.165) is 17.7 Å². The van der Waals surface area contributed by atoms with E-state index in [0.29, 0.717) is 32.5 Å². The zero-order valence-electron chi connectivity index (χ0n) is 19.5. The monoisotopic (exact) mass is 568 g/mol. The van der Waals surface area contributed by atoms with Gasteiger partial charge in [-0.15, -0.1) is 0 Å². The Kier molecular flexibility index (Phi) is 7.68. The fourth-order valence-corrected chi connectivity index (χ4v) is 4.36. The molecule has 0 aliphatic carbocycles. The van der Waals surface area contributed by atoms with Crippen LogP contribution in [0.15, 0.2) is 40.1 Å². The number of carbonyl (C=O) groups is 1. The number of nitrogens with one attached hydrogen (secondary N) is 2. The molecule has 0 radical (unpaired) electrons. The first kappa shape index (κ1) is 27.4. The molecule has 200 valence electrons. The predicted octanol–water partition coefficient (Wildman–Crippen LogP) is 3.19. The molecule has 1 aliphatic rings. The zero-order valence-corrected chi connectivity index (χ0v) is 21.1. The number of allylic oxidation sites excluding steroid dienone is 1. The summed E-state index contributed by atoms with van der Waals surface area (Å²) in [7, 11) is -4.80. The smallest absolute Gasteiger partial charge is 0.469 e. The van der Waals surface area contributed by atoms with Crippen molar-refractivity contribution in [2.75, 3.05) is 13.2 Å². The van der Waals surface area contributed by atoms with Crippen molar-refractivity contribution in [3.8, 4) is 5.88 Å². The number of hydrogen-bond acceptors (Lipinski definition) is 6. The number of halogens is 3. The van der Waals surface area contributed by atoms with Crippen LogP contribution in [0.4, 0.5) is 14.5 Å². The highest BCUT2D eigenvalue weighted by Crippen LogP contribution is 2.39. The summed E-state index contributed by atoms with van der Waals surface area (Å²) >= 11 is 6.14. The molecule has 1 atom stereocenters. The van der Waals surface area contributed by atoms with Gasteiger partial charge in [-0.05, 0) is 42.3 Å². The summed E-state index contributed by atoms with van der Waals surface area (Å²) < 4.78 is 43.4. The average Bonchev–Trinajstić information content (AvgIpc) is 3.37. The van der Waals surface area contributed by atoms with E-state index in [1.807, 2.05) is 0 Å². The van der Waals surface area contributed by atoms with Crippen LogP contribution in [0, 0.1) is 18.6 Å². The third kappa shape index (κ3) is 5.62. The van der Waals surface area contributed by atoms with Crippen molar-refractivity contribution in [2.24, 2.45) is 4.99 Å². The molecule has 0 spiro atoms. The van der Waals surface area contributed by atoms with Crippen LogP contribution in [0.2, 0.25) is 5.02 Å². The number of rotatable bonds is 8. The van der Waals surface area contributed by atoms with Gasteiger partial charge in [-0.1, -0.05) is 23.7 Å². The Balaban J connectivity index is 1.73. The van der Waals surface area contributed by atoms with Crippen molar-refractivity contribution in [1.82, 2.24) is 14.9 Å². The number of fused-ring (bicyclic) bond motifs is 1. The number of H-pyrrole nitrogens is 1. The third-order valence-corrected chi connectivity index (χ3v) is 6.59. The van der Waals surface area contributed by atoms with E-state index in [-0.39, 0.29) is 11.3 Å². The largest absolute Gasteiger partial charge is 0.493 e. The maximum atomic E-state index is 14.0. The molecule has 0 bridgehead atoms. The van der Waals surface area contributed by atoms with Crippen molar-refractivity contribution < 1.29 is 37.6 Å². The number of nitrogens with zero attached hydrogens (tertiary/aromatic N) is 2. The van der Waals surface area contributed by atoms with E-state index in [1.54, 1.807) is 19.1 Å². The van der Waals surface area contributed by atoms with Crippen LogP contribution in [-0.2, 0) is 13.9 Å². The minimum Gasteiger partial charge on any atom is -0.493 e. The lowest BCUT2D eigenvalue weighted by atomic mass is 10.0. The highest BCUT2D eigenvalue weighted by Gasteiger charge is 2.30. The van der Waals surface area contributed by atoms with Gasteiger partial charge in [-0.25, -0.2) is 22.7 Å². The van der Waals surface area contributed by atoms with Crippen LogP contribution in [0.3, 0.4) is 0 Å². The maximum Gasteiger partial charge on any atom is 0.469 e.